The molecule has 7 nitrogen and oxygen atoms in total. The van der Waals surface area contributed by atoms with E-state index in [2.05, 4.69) is 25.6 Å². The first-order valence-electron chi connectivity index (χ1n) is 8.11. The summed E-state index contributed by atoms with van der Waals surface area (Å²) in [5, 5.41) is 15.8. The van der Waals surface area contributed by atoms with Crippen LogP contribution in [0, 0.1) is 5.82 Å². The van der Waals surface area contributed by atoms with Crippen LogP contribution in [-0.4, -0.2) is 36.5 Å². The number of amides is 1. The number of fused-ring (bicyclic) bond motifs is 1. The second kappa shape index (κ2) is 7.91. The lowest BCUT2D eigenvalue weighted by Gasteiger charge is -2.05. The number of thioether (sulfide) groups is 1. The van der Waals surface area contributed by atoms with Gasteiger partial charge in [-0.15, -0.1) is 10.2 Å². The number of hydrogen-bond donors (Lipinski definition) is 1. The summed E-state index contributed by atoms with van der Waals surface area (Å²) in [4.78, 5) is 16.2. The molecule has 0 aliphatic heterocycles. The molecule has 4 aromatic rings. The number of aromatic nitrogens is 5. The second-order valence-corrected chi connectivity index (χ2v) is 7.02. The largest absolute Gasteiger partial charge is 0.325 e. The lowest BCUT2D eigenvalue weighted by Crippen LogP contribution is -2.14. The van der Waals surface area contributed by atoms with Crippen molar-refractivity contribution in [3.05, 3.63) is 65.7 Å². The molecule has 0 spiro atoms. The Hall–Kier alpha value is -3.04. The van der Waals surface area contributed by atoms with Crippen LogP contribution in [0.25, 0.3) is 16.9 Å². The van der Waals surface area contributed by atoms with Gasteiger partial charge in [-0.3, -0.25) is 9.78 Å². The van der Waals surface area contributed by atoms with Crippen molar-refractivity contribution in [2.24, 2.45) is 0 Å². The lowest BCUT2D eigenvalue weighted by atomic mass is 10.2. The number of pyridine rings is 1. The molecule has 0 saturated heterocycles. The van der Waals surface area contributed by atoms with E-state index >= 15 is 0 Å². The molecule has 0 radical (unpaired) electrons. The standard InChI is InChI=1S/C18H12ClFN6OS/c19-13-2-1-12(9-14(13)20)22-17(27)10-28-18-24-23-16-4-3-15(25-26(16)18)11-5-7-21-8-6-11/h1-9H,10H2,(H,22,27). The van der Waals surface area contributed by atoms with E-state index in [0.717, 1.165) is 11.3 Å². The maximum absolute atomic E-state index is 13.5. The van der Waals surface area contributed by atoms with Crippen LogP contribution in [0.4, 0.5) is 10.1 Å². The summed E-state index contributed by atoms with van der Waals surface area (Å²) in [5.74, 6) is -0.844. The smallest absolute Gasteiger partial charge is 0.234 e. The van der Waals surface area contributed by atoms with Crippen molar-refractivity contribution >= 4 is 40.6 Å². The monoisotopic (exact) mass is 414 g/mol. The molecule has 28 heavy (non-hydrogen) atoms. The molecule has 10 heteroatoms. The number of anilines is 1. The summed E-state index contributed by atoms with van der Waals surface area (Å²) in [7, 11) is 0. The van der Waals surface area contributed by atoms with Crippen LogP contribution in [0.15, 0.2) is 60.0 Å². The Kier molecular flexibility index (Phi) is 5.18. The molecule has 3 heterocycles. The van der Waals surface area contributed by atoms with E-state index in [9.17, 15) is 9.18 Å². The summed E-state index contributed by atoms with van der Waals surface area (Å²) in [6.45, 7) is 0. The van der Waals surface area contributed by atoms with Crippen molar-refractivity contribution in [2.75, 3.05) is 11.1 Å². The van der Waals surface area contributed by atoms with Gasteiger partial charge in [-0.25, -0.2) is 4.39 Å². The normalized spacial score (nSPS) is 10.9. The Morgan fingerprint density at radius 2 is 1.96 bits per heavy atom. The number of nitrogens with one attached hydrogen (secondary N) is 1. The van der Waals surface area contributed by atoms with Gasteiger partial charge in [0.2, 0.25) is 11.1 Å². The Bertz CT molecular complexity index is 1150. The van der Waals surface area contributed by atoms with E-state index in [1.54, 1.807) is 23.0 Å². The molecule has 0 bridgehead atoms. The summed E-state index contributed by atoms with van der Waals surface area (Å²) in [6, 6.07) is 11.4. The highest BCUT2D eigenvalue weighted by molar-refractivity contribution is 7.99. The maximum Gasteiger partial charge on any atom is 0.234 e. The van der Waals surface area contributed by atoms with Crippen molar-refractivity contribution in [3.8, 4) is 11.3 Å². The maximum atomic E-state index is 13.5. The van der Waals surface area contributed by atoms with Crippen LogP contribution in [0.1, 0.15) is 0 Å². The predicted molar refractivity (Wildman–Crippen MR) is 105 cm³/mol. The first kappa shape index (κ1) is 18.3. The summed E-state index contributed by atoms with van der Waals surface area (Å²) in [5.41, 5.74) is 2.54. The molecule has 3 aromatic heterocycles. The molecule has 0 aliphatic rings. The predicted octanol–water partition coefficient (Wildman–Crippen LogP) is 3.71. The van der Waals surface area contributed by atoms with Crippen molar-refractivity contribution in [1.82, 2.24) is 24.8 Å². The zero-order chi connectivity index (χ0) is 19.5. The van der Waals surface area contributed by atoms with E-state index in [4.69, 9.17) is 11.6 Å². The molecule has 140 valence electrons. The Balaban J connectivity index is 1.48. The minimum absolute atomic E-state index is 0.00150. The highest BCUT2D eigenvalue weighted by Crippen LogP contribution is 2.21. The lowest BCUT2D eigenvalue weighted by molar-refractivity contribution is -0.113. The molecular weight excluding hydrogens is 403 g/mol. The minimum Gasteiger partial charge on any atom is -0.325 e. The zero-order valence-corrected chi connectivity index (χ0v) is 15.8. The first-order valence-corrected chi connectivity index (χ1v) is 9.47. The average Bonchev–Trinajstić information content (AvgIpc) is 3.12. The topological polar surface area (TPSA) is 85.1 Å². The van der Waals surface area contributed by atoms with Gasteiger partial charge < -0.3 is 5.32 Å². The summed E-state index contributed by atoms with van der Waals surface area (Å²) in [6.07, 6.45) is 3.37. The van der Waals surface area contributed by atoms with Gasteiger partial charge in [0.05, 0.1) is 16.5 Å². The minimum atomic E-state index is -0.594. The third-order valence-electron chi connectivity index (χ3n) is 3.75. The number of carbonyl (C=O) groups is 1. The molecule has 0 aliphatic carbocycles. The van der Waals surface area contributed by atoms with E-state index in [1.165, 1.54) is 30.0 Å². The molecular formula is C18H12ClFN6OS. The fraction of sp³-hybridized carbons (Fsp3) is 0.0556. The molecule has 0 saturated carbocycles. The van der Waals surface area contributed by atoms with Gasteiger partial charge in [0.1, 0.15) is 5.82 Å². The van der Waals surface area contributed by atoms with Crippen LogP contribution >= 0.6 is 23.4 Å². The Labute approximate surface area is 168 Å². The van der Waals surface area contributed by atoms with Crippen molar-refractivity contribution in [3.63, 3.8) is 0 Å². The van der Waals surface area contributed by atoms with Crippen molar-refractivity contribution in [2.45, 2.75) is 5.16 Å². The van der Waals surface area contributed by atoms with Gasteiger partial charge in [0, 0.05) is 23.6 Å². The number of hydrogen-bond acceptors (Lipinski definition) is 6. The number of nitrogens with zero attached hydrogens (tertiary/aromatic N) is 5. The number of benzene rings is 1. The van der Waals surface area contributed by atoms with E-state index in [-0.39, 0.29) is 16.7 Å². The second-order valence-electron chi connectivity index (χ2n) is 5.67. The SMILES string of the molecule is O=C(CSc1nnc2ccc(-c3ccncc3)nn12)Nc1ccc(Cl)c(F)c1. The van der Waals surface area contributed by atoms with Crippen LogP contribution in [-0.2, 0) is 4.79 Å². The molecule has 4 rings (SSSR count). The molecule has 0 fully saturated rings. The quantitative estimate of drug-likeness (QED) is 0.501. The molecule has 1 amide bonds. The average molecular weight is 415 g/mol. The number of rotatable bonds is 5. The molecule has 1 N–H and O–H groups in total. The van der Waals surface area contributed by atoms with Gasteiger partial charge in [-0.1, -0.05) is 23.4 Å². The number of carbonyl (C=O) groups excluding carboxylic acids is 1. The van der Waals surface area contributed by atoms with E-state index in [0.29, 0.717) is 16.5 Å². The van der Waals surface area contributed by atoms with Gasteiger partial charge in [0.15, 0.2) is 5.65 Å². The molecule has 0 unspecified atom stereocenters. The van der Waals surface area contributed by atoms with Gasteiger partial charge >= 0.3 is 0 Å². The van der Waals surface area contributed by atoms with Crippen molar-refractivity contribution < 1.29 is 9.18 Å². The molecule has 1 aromatic carbocycles. The highest BCUT2D eigenvalue weighted by atomic mass is 35.5. The van der Waals surface area contributed by atoms with Crippen LogP contribution in [0.2, 0.25) is 5.02 Å². The molecule has 0 atom stereocenters. The summed E-state index contributed by atoms with van der Waals surface area (Å²) >= 11 is 6.82. The summed E-state index contributed by atoms with van der Waals surface area (Å²) < 4.78 is 15.0. The van der Waals surface area contributed by atoms with E-state index in [1.807, 2.05) is 18.2 Å². The Morgan fingerprint density at radius 1 is 1.14 bits per heavy atom. The van der Waals surface area contributed by atoms with E-state index < -0.39 is 5.82 Å². The third-order valence-corrected chi connectivity index (χ3v) is 4.97. The van der Waals surface area contributed by atoms with Gasteiger partial charge in [0.25, 0.3) is 0 Å². The number of halogens is 2. The third kappa shape index (κ3) is 3.95. The van der Waals surface area contributed by atoms with Crippen LogP contribution in [0.3, 0.4) is 0 Å². The van der Waals surface area contributed by atoms with Gasteiger partial charge in [-0.05, 0) is 42.5 Å². The van der Waals surface area contributed by atoms with Crippen molar-refractivity contribution in [1.29, 1.82) is 0 Å². The zero-order valence-electron chi connectivity index (χ0n) is 14.2. The fourth-order valence-corrected chi connectivity index (χ4v) is 3.24. The first-order chi connectivity index (χ1) is 13.6. The Morgan fingerprint density at radius 3 is 2.75 bits per heavy atom. The fourth-order valence-electron chi connectivity index (χ4n) is 2.44. The van der Waals surface area contributed by atoms with Crippen LogP contribution < -0.4 is 5.32 Å². The highest BCUT2D eigenvalue weighted by Gasteiger charge is 2.12. The van der Waals surface area contributed by atoms with Crippen LogP contribution in [0.5, 0.6) is 0 Å². The van der Waals surface area contributed by atoms with Gasteiger partial charge in [-0.2, -0.15) is 9.61 Å².